The molecule has 3 rings (SSSR count). The third-order valence-corrected chi connectivity index (χ3v) is 6.04. The SMILES string of the molecule is COc1cc(/C=C\c2ccc(NS(=O)(=O)c3cccc(Cl)c3)cc2)cc(OC)c1OC. The molecular weight excluding hydrogens is 438 g/mol. The maximum absolute atomic E-state index is 12.5. The van der Waals surface area contributed by atoms with Crippen molar-refractivity contribution in [3.63, 3.8) is 0 Å². The van der Waals surface area contributed by atoms with E-state index in [0.29, 0.717) is 28.0 Å². The Morgan fingerprint density at radius 3 is 1.97 bits per heavy atom. The van der Waals surface area contributed by atoms with Crippen LogP contribution in [0.3, 0.4) is 0 Å². The van der Waals surface area contributed by atoms with Gasteiger partial charge in [0.15, 0.2) is 11.5 Å². The number of hydrogen-bond donors (Lipinski definition) is 1. The lowest BCUT2D eigenvalue weighted by atomic mass is 10.1. The fraction of sp³-hybridized carbons (Fsp3) is 0.130. The molecule has 0 amide bonds. The summed E-state index contributed by atoms with van der Waals surface area (Å²) < 4.78 is 43.6. The Balaban J connectivity index is 1.77. The summed E-state index contributed by atoms with van der Waals surface area (Å²) in [5.41, 5.74) is 2.20. The molecule has 31 heavy (non-hydrogen) atoms. The molecule has 0 atom stereocenters. The van der Waals surface area contributed by atoms with E-state index in [1.165, 1.54) is 12.1 Å². The van der Waals surface area contributed by atoms with Gasteiger partial charge in [-0.15, -0.1) is 0 Å². The van der Waals surface area contributed by atoms with E-state index >= 15 is 0 Å². The summed E-state index contributed by atoms with van der Waals surface area (Å²) in [6, 6.07) is 16.8. The van der Waals surface area contributed by atoms with Crippen LogP contribution in [-0.4, -0.2) is 29.7 Å². The molecule has 0 aromatic heterocycles. The van der Waals surface area contributed by atoms with Crippen LogP contribution in [0.15, 0.2) is 65.6 Å². The van der Waals surface area contributed by atoms with Crippen molar-refractivity contribution in [1.29, 1.82) is 0 Å². The number of sulfonamides is 1. The summed E-state index contributed by atoms with van der Waals surface area (Å²) in [5.74, 6) is 1.65. The fourth-order valence-corrected chi connectivity index (χ4v) is 4.26. The summed E-state index contributed by atoms with van der Waals surface area (Å²) in [7, 11) is 0.962. The summed E-state index contributed by atoms with van der Waals surface area (Å²) >= 11 is 5.89. The molecule has 0 radical (unpaired) electrons. The first-order chi connectivity index (χ1) is 14.9. The molecule has 162 valence electrons. The normalized spacial score (nSPS) is 11.4. The highest BCUT2D eigenvalue weighted by atomic mass is 35.5. The second-order valence-electron chi connectivity index (χ2n) is 6.48. The van der Waals surface area contributed by atoms with Gasteiger partial charge in [0.2, 0.25) is 5.75 Å². The van der Waals surface area contributed by atoms with Crippen molar-refractivity contribution in [2.45, 2.75) is 4.90 Å². The number of nitrogens with one attached hydrogen (secondary N) is 1. The van der Waals surface area contributed by atoms with Gasteiger partial charge in [0.1, 0.15) is 0 Å². The number of hydrogen-bond acceptors (Lipinski definition) is 5. The van der Waals surface area contributed by atoms with E-state index in [9.17, 15) is 8.42 Å². The predicted octanol–water partition coefficient (Wildman–Crippen LogP) is 5.34. The molecular formula is C23H22ClNO5S. The van der Waals surface area contributed by atoms with Crippen molar-refractivity contribution < 1.29 is 22.6 Å². The van der Waals surface area contributed by atoms with Crippen LogP contribution < -0.4 is 18.9 Å². The molecule has 0 fully saturated rings. The van der Waals surface area contributed by atoms with Crippen molar-refractivity contribution in [2.75, 3.05) is 26.1 Å². The molecule has 1 N–H and O–H groups in total. The molecule has 0 aliphatic rings. The Labute approximate surface area is 187 Å². The second-order valence-corrected chi connectivity index (χ2v) is 8.60. The average molecular weight is 460 g/mol. The van der Waals surface area contributed by atoms with Crippen molar-refractivity contribution >= 4 is 39.5 Å². The molecule has 0 saturated carbocycles. The van der Waals surface area contributed by atoms with Gasteiger partial charge in [-0.1, -0.05) is 42.0 Å². The monoisotopic (exact) mass is 459 g/mol. The van der Waals surface area contributed by atoms with Crippen LogP contribution in [0, 0.1) is 0 Å². The number of halogens is 1. The highest BCUT2D eigenvalue weighted by Gasteiger charge is 2.14. The minimum Gasteiger partial charge on any atom is -0.493 e. The highest BCUT2D eigenvalue weighted by molar-refractivity contribution is 7.92. The number of rotatable bonds is 8. The van der Waals surface area contributed by atoms with Crippen LogP contribution in [0.2, 0.25) is 5.02 Å². The van der Waals surface area contributed by atoms with Crippen LogP contribution in [0.5, 0.6) is 17.2 Å². The number of benzene rings is 3. The van der Waals surface area contributed by atoms with Gasteiger partial charge >= 0.3 is 0 Å². The smallest absolute Gasteiger partial charge is 0.261 e. The third kappa shape index (κ3) is 5.51. The van der Waals surface area contributed by atoms with E-state index < -0.39 is 10.0 Å². The lowest BCUT2D eigenvalue weighted by Gasteiger charge is -2.12. The molecule has 0 bridgehead atoms. The molecule has 0 heterocycles. The first-order valence-corrected chi connectivity index (χ1v) is 11.1. The third-order valence-electron chi connectivity index (χ3n) is 4.42. The van der Waals surface area contributed by atoms with E-state index in [4.69, 9.17) is 25.8 Å². The van der Waals surface area contributed by atoms with Crippen LogP contribution in [0.4, 0.5) is 5.69 Å². The van der Waals surface area contributed by atoms with E-state index in [0.717, 1.165) is 11.1 Å². The minimum atomic E-state index is -3.72. The zero-order valence-corrected chi connectivity index (χ0v) is 18.8. The summed E-state index contributed by atoms with van der Waals surface area (Å²) in [6.45, 7) is 0. The first kappa shape index (κ1) is 22.5. The van der Waals surface area contributed by atoms with Crippen molar-refractivity contribution in [2.24, 2.45) is 0 Å². The highest BCUT2D eigenvalue weighted by Crippen LogP contribution is 2.38. The Morgan fingerprint density at radius 1 is 0.806 bits per heavy atom. The van der Waals surface area contributed by atoms with Crippen molar-refractivity contribution in [3.05, 3.63) is 76.8 Å². The molecule has 0 spiro atoms. The molecule has 0 unspecified atom stereocenters. The Morgan fingerprint density at radius 2 is 1.42 bits per heavy atom. The molecule has 0 aliphatic heterocycles. The second kappa shape index (κ2) is 9.76. The first-order valence-electron chi connectivity index (χ1n) is 9.23. The predicted molar refractivity (Wildman–Crippen MR) is 124 cm³/mol. The van der Waals surface area contributed by atoms with Gasteiger partial charge in [0.05, 0.1) is 26.2 Å². The zero-order chi connectivity index (χ0) is 22.4. The lowest BCUT2D eigenvalue weighted by molar-refractivity contribution is 0.324. The molecule has 3 aromatic carbocycles. The summed E-state index contributed by atoms with van der Waals surface area (Å²) in [5, 5.41) is 0.357. The number of anilines is 1. The Bertz CT molecular complexity index is 1170. The van der Waals surface area contributed by atoms with Gasteiger partial charge in [-0.25, -0.2) is 8.42 Å². The zero-order valence-electron chi connectivity index (χ0n) is 17.3. The van der Waals surface area contributed by atoms with E-state index in [1.807, 2.05) is 36.4 Å². The Kier molecular flexibility index (Phi) is 7.09. The van der Waals surface area contributed by atoms with Crippen LogP contribution in [0.25, 0.3) is 12.2 Å². The van der Waals surface area contributed by atoms with E-state index in [2.05, 4.69) is 4.72 Å². The van der Waals surface area contributed by atoms with Gasteiger partial charge in [-0.2, -0.15) is 0 Å². The van der Waals surface area contributed by atoms with E-state index in [-0.39, 0.29) is 4.90 Å². The van der Waals surface area contributed by atoms with Crippen LogP contribution in [-0.2, 0) is 10.0 Å². The fourth-order valence-electron chi connectivity index (χ4n) is 2.90. The minimum absolute atomic E-state index is 0.103. The van der Waals surface area contributed by atoms with Crippen LogP contribution in [0.1, 0.15) is 11.1 Å². The number of methoxy groups -OCH3 is 3. The molecule has 3 aromatic rings. The van der Waals surface area contributed by atoms with Crippen molar-refractivity contribution in [3.8, 4) is 17.2 Å². The summed E-state index contributed by atoms with van der Waals surface area (Å²) in [6.07, 6.45) is 3.80. The van der Waals surface area contributed by atoms with Gasteiger partial charge < -0.3 is 14.2 Å². The molecule has 6 nitrogen and oxygen atoms in total. The average Bonchev–Trinajstić information content (AvgIpc) is 2.77. The van der Waals surface area contributed by atoms with Gasteiger partial charge in [-0.05, 0) is 53.6 Å². The van der Waals surface area contributed by atoms with Gasteiger partial charge in [0.25, 0.3) is 10.0 Å². The molecule has 0 aliphatic carbocycles. The standard InChI is InChI=1S/C23H22ClNO5S/c1-28-21-13-17(14-22(29-2)23(21)30-3)8-7-16-9-11-19(12-10-16)25-31(26,27)20-6-4-5-18(24)15-20/h4-15,25H,1-3H3/b8-7-. The molecule has 8 heteroatoms. The quantitative estimate of drug-likeness (QED) is 0.460. The Hall–Kier alpha value is -3.16. The lowest BCUT2D eigenvalue weighted by Crippen LogP contribution is -2.12. The number of ether oxygens (including phenoxy) is 3. The largest absolute Gasteiger partial charge is 0.493 e. The van der Waals surface area contributed by atoms with Gasteiger partial charge in [0, 0.05) is 10.7 Å². The summed E-state index contributed by atoms with van der Waals surface area (Å²) in [4.78, 5) is 0.103. The topological polar surface area (TPSA) is 73.9 Å². The van der Waals surface area contributed by atoms with Crippen molar-refractivity contribution in [1.82, 2.24) is 0 Å². The van der Waals surface area contributed by atoms with E-state index in [1.54, 1.807) is 45.6 Å². The molecule has 0 saturated heterocycles. The maximum atomic E-state index is 12.5. The van der Waals surface area contributed by atoms with Gasteiger partial charge in [-0.3, -0.25) is 4.72 Å². The maximum Gasteiger partial charge on any atom is 0.261 e. The van der Waals surface area contributed by atoms with Crippen LogP contribution >= 0.6 is 11.6 Å².